The van der Waals surface area contributed by atoms with Gasteiger partial charge < -0.3 is 4.74 Å². The summed E-state index contributed by atoms with van der Waals surface area (Å²) in [7, 11) is 1.89. The van der Waals surface area contributed by atoms with E-state index in [1.54, 1.807) is 9.58 Å². The first kappa shape index (κ1) is 12.7. The smallest absolute Gasteiger partial charge is 0.410 e. The van der Waals surface area contributed by atoms with Crippen molar-refractivity contribution in [1.82, 2.24) is 14.7 Å². The number of fused-ring (bicyclic) bond motifs is 1. The van der Waals surface area contributed by atoms with Crippen LogP contribution in [0.1, 0.15) is 29.8 Å². The van der Waals surface area contributed by atoms with E-state index in [2.05, 4.69) is 5.10 Å². The van der Waals surface area contributed by atoms with E-state index in [1.807, 2.05) is 50.5 Å². The van der Waals surface area contributed by atoms with Crippen LogP contribution < -0.4 is 0 Å². The lowest BCUT2D eigenvalue weighted by Gasteiger charge is -2.21. The summed E-state index contributed by atoms with van der Waals surface area (Å²) in [4.78, 5) is 13.9. The number of aromatic nitrogens is 2. The third kappa shape index (κ3) is 2.27. The fraction of sp³-hybridized carbons (Fsp3) is 0.333. The molecule has 0 saturated heterocycles. The molecule has 1 atom stereocenters. The van der Waals surface area contributed by atoms with E-state index >= 15 is 0 Å². The van der Waals surface area contributed by atoms with Gasteiger partial charge in [0.2, 0.25) is 0 Å². The van der Waals surface area contributed by atoms with Gasteiger partial charge in [0, 0.05) is 18.8 Å². The molecule has 2 heterocycles. The summed E-state index contributed by atoms with van der Waals surface area (Å²) in [6.45, 7) is 2.84. The lowest BCUT2D eigenvalue weighted by atomic mass is 10.2. The summed E-state index contributed by atoms with van der Waals surface area (Å²) in [5, 5.41) is 4.39. The number of rotatable bonds is 2. The number of carbonyl (C=O) groups is 1. The average Bonchev–Trinajstić information content (AvgIpc) is 2.96. The molecule has 1 aromatic heterocycles. The molecule has 0 saturated carbocycles. The van der Waals surface area contributed by atoms with Crippen LogP contribution in [0, 0.1) is 0 Å². The zero-order valence-corrected chi connectivity index (χ0v) is 11.6. The van der Waals surface area contributed by atoms with Gasteiger partial charge in [0.1, 0.15) is 6.61 Å². The molecule has 2 aromatic rings. The van der Waals surface area contributed by atoms with E-state index in [0.29, 0.717) is 13.2 Å². The topological polar surface area (TPSA) is 47.4 Å². The van der Waals surface area contributed by atoms with Gasteiger partial charge in [0.15, 0.2) is 0 Å². The number of aryl methyl sites for hydroxylation is 1. The van der Waals surface area contributed by atoms with E-state index in [0.717, 1.165) is 16.8 Å². The minimum Gasteiger partial charge on any atom is -0.445 e. The van der Waals surface area contributed by atoms with Crippen molar-refractivity contribution in [2.45, 2.75) is 26.1 Å². The van der Waals surface area contributed by atoms with Crippen LogP contribution in [-0.2, 0) is 24.9 Å². The Labute approximate surface area is 117 Å². The minimum atomic E-state index is -0.290. The molecule has 1 aliphatic heterocycles. The predicted octanol–water partition coefficient (Wildman–Crippen LogP) is 2.63. The molecule has 3 rings (SSSR count). The van der Waals surface area contributed by atoms with Gasteiger partial charge in [-0.3, -0.25) is 9.58 Å². The maximum absolute atomic E-state index is 12.1. The van der Waals surface area contributed by atoms with Crippen LogP contribution in [0.3, 0.4) is 0 Å². The van der Waals surface area contributed by atoms with Gasteiger partial charge in [-0.1, -0.05) is 30.3 Å². The molecule has 5 nitrogen and oxygen atoms in total. The molecule has 20 heavy (non-hydrogen) atoms. The molecule has 0 fully saturated rings. The number of benzene rings is 1. The molecule has 5 heteroatoms. The normalized spacial score (nSPS) is 17.1. The highest BCUT2D eigenvalue weighted by molar-refractivity contribution is 5.69. The molecule has 0 spiro atoms. The van der Waals surface area contributed by atoms with Crippen molar-refractivity contribution in [2.24, 2.45) is 7.05 Å². The Morgan fingerprint density at radius 2 is 2.15 bits per heavy atom. The van der Waals surface area contributed by atoms with Crippen molar-refractivity contribution < 1.29 is 9.53 Å². The third-order valence-electron chi connectivity index (χ3n) is 3.58. The molecular formula is C15H17N3O2. The second kappa shape index (κ2) is 5.00. The lowest BCUT2D eigenvalue weighted by molar-refractivity contribution is 0.0851. The fourth-order valence-electron chi connectivity index (χ4n) is 2.52. The molecule has 0 N–H and O–H groups in total. The number of hydrogen-bond acceptors (Lipinski definition) is 3. The van der Waals surface area contributed by atoms with E-state index in [-0.39, 0.29) is 12.1 Å². The molecule has 1 unspecified atom stereocenters. The Bertz CT molecular complexity index is 621. The Hall–Kier alpha value is -2.30. The highest BCUT2D eigenvalue weighted by Crippen LogP contribution is 2.32. The quantitative estimate of drug-likeness (QED) is 0.843. The molecule has 0 bridgehead atoms. The third-order valence-corrected chi connectivity index (χ3v) is 3.58. The SMILES string of the molecule is CC1c2nn(C)cc2CN1C(=O)OCc1ccccc1. The van der Waals surface area contributed by atoms with Gasteiger partial charge in [-0.2, -0.15) is 5.10 Å². The van der Waals surface area contributed by atoms with Gasteiger partial charge in [-0.15, -0.1) is 0 Å². The van der Waals surface area contributed by atoms with Gasteiger partial charge in [-0.25, -0.2) is 4.79 Å². The van der Waals surface area contributed by atoms with Crippen LogP contribution in [-0.4, -0.2) is 20.8 Å². The number of amides is 1. The Kier molecular flexibility index (Phi) is 3.18. The average molecular weight is 271 g/mol. The van der Waals surface area contributed by atoms with Gasteiger partial charge in [0.25, 0.3) is 0 Å². The van der Waals surface area contributed by atoms with Crippen molar-refractivity contribution >= 4 is 6.09 Å². The standard InChI is InChI=1S/C15H17N3O2/c1-11-14-13(8-17(2)16-14)9-18(11)15(19)20-10-12-6-4-3-5-7-12/h3-8,11H,9-10H2,1-2H3. The predicted molar refractivity (Wildman–Crippen MR) is 73.8 cm³/mol. The van der Waals surface area contributed by atoms with Gasteiger partial charge in [0.05, 0.1) is 18.3 Å². The minimum absolute atomic E-state index is 0.0329. The first-order chi connectivity index (χ1) is 9.65. The highest BCUT2D eigenvalue weighted by Gasteiger charge is 2.34. The zero-order valence-electron chi connectivity index (χ0n) is 11.6. The molecule has 104 valence electrons. The van der Waals surface area contributed by atoms with E-state index in [1.165, 1.54) is 0 Å². The molecule has 1 aliphatic rings. The van der Waals surface area contributed by atoms with Gasteiger partial charge in [-0.05, 0) is 12.5 Å². The maximum atomic E-state index is 12.1. The first-order valence-electron chi connectivity index (χ1n) is 6.65. The molecular weight excluding hydrogens is 254 g/mol. The number of ether oxygens (including phenoxy) is 1. The van der Waals surface area contributed by atoms with Crippen LogP contribution in [0.5, 0.6) is 0 Å². The fourth-order valence-corrected chi connectivity index (χ4v) is 2.52. The zero-order chi connectivity index (χ0) is 14.1. The summed E-state index contributed by atoms with van der Waals surface area (Å²) in [6, 6.07) is 9.65. The monoisotopic (exact) mass is 271 g/mol. The van der Waals surface area contributed by atoms with E-state index in [4.69, 9.17) is 4.74 Å². The van der Waals surface area contributed by atoms with E-state index in [9.17, 15) is 4.79 Å². The van der Waals surface area contributed by atoms with E-state index < -0.39 is 0 Å². The Morgan fingerprint density at radius 3 is 2.85 bits per heavy atom. The largest absolute Gasteiger partial charge is 0.445 e. The van der Waals surface area contributed by atoms with Crippen LogP contribution in [0.2, 0.25) is 0 Å². The van der Waals surface area contributed by atoms with Crippen LogP contribution >= 0.6 is 0 Å². The Balaban J connectivity index is 1.63. The van der Waals surface area contributed by atoms with Crippen molar-refractivity contribution in [3.63, 3.8) is 0 Å². The second-order valence-corrected chi connectivity index (χ2v) is 5.06. The first-order valence-corrected chi connectivity index (χ1v) is 6.65. The summed E-state index contributed by atoms with van der Waals surface area (Å²) in [5.41, 5.74) is 3.05. The second-order valence-electron chi connectivity index (χ2n) is 5.06. The van der Waals surface area contributed by atoms with Crippen molar-refractivity contribution in [3.8, 4) is 0 Å². The highest BCUT2D eigenvalue weighted by atomic mass is 16.6. The Morgan fingerprint density at radius 1 is 1.40 bits per heavy atom. The molecule has 0 aliphatic carbocycles. The van der Waals surface area contributed by atoms with Gasteiger partial charge >= 0.3 is 6.09 Å². The summed E-state index contributed by atoms with van der Waals surface area (Å²) < 4.78 is 7.15. The number of nitrogens with zero attached hydrogens (tertiary/aromatic N) is 3. The van der Waals surface area contributed by atoms with Crippen LogP contribution in [0.25, 0.3) is 0 Å². The molecule has 1 aromatic carbocycles. The van der Waals surface area contributed by atoms with Crippen LogP contribution in [0.4, 0.5) is 4.79 Å². The molecule has 0 radical (unpaired) electrons. The van der Waals surface area contributed by atoms with Crippen molar-refractivity contribution in [3.05, 3.63) is 53.3 Å². The summed E-state index contributed by atoms with van der Waals surface area (Å²) in [5.74, 6) is 0. The summed E-state index contributed by atoms with van der Waals surface area (Å²) >= 11 is 0. The molecule has 1 amide bonds. The summed E-state index contributed by atoms with van der Waals surface area (Å²) in [6.07, 6.45) is 1.66. The number of carbonyl (C=O) groups excluding carboxylic acids is 1. The lowest BCUT2D eigenvalue weighted by Crippen LogP contribution is -2.29. The number of hydrogen-bond donors (Lipinski definition) is 0. The van der Waals surface area contributed by atoms with Crippen molar-refractivity contribution in [2.75, 3.05) is 0 Å². The maximum Gasteiger partial charge on any atom is 0.410 e. The van der Waals surface area contributed by atoms with Crippen LogP contribution in [0.15, 0.2) is 36.5 Å². The van der Waals surface area contributed by atoms with Crippen molar-refractivity contribution in [1.29, 1.82) is 0 Å².